The van der Waals surface area contributed by atoms with Crippen molar-refractivity contribution in [2.24, 2.45) is 0 Å². The van der Waals surface area contributed by atoms with E-state index in [1.807, 2.05) is 6.07 Å². The lowest BCUT2D eigenvalue weighted by Gasteiger charge is -2.05. The van der Waals surface area contributed by atoms with E-state index in [0.717, 1.165) is 0 Å². The Morgan fingerprint density at radius 3 is 2.70 bits per heavy atom. The van der Waals surface area contributed by atoms with Gasteiger partial charge >= 0.3 is 0 Å². The van der Waals surface area contributed by atoms with Gasteiger partial charge in [-0.15, -0.1) is 0 Å². The van der Waals surface area contributed by atoms with Crippen molar-refractivity contribution in [1.29, 1.82) is 5.26 Å². The van der Waals surface area contributed by atoms with Gasteiger partial charge in [0, 0.05) is 0 Å². The van der Waals surface area contributed by atoms with Crippen LogP contribution in [-0.4, -0.2) is 17.9 Å². The maximum atomic E-state index is 12.4. The van der Waals surface area contributed by atoms with E-state index in [4.69, 9.17) is 14.4 Å². The average Bonchev–Trinajstić information content (AvgIpc) is 3.18. The maximum absolute atomic E-state index is 12.4. The van der Waals surface area contributed by atoms with Crippen LogP contribution >= 0.6 is 0 Å². The molecule has 1 aromatic heterocycles. The molecular weight excluding hydrogens is 350 g/mol. The second kappa shape index (κ2) is 7.41. The molecule has 1 amide bonds. The van der Waals surface area contributed by atoms with Crippen LogP contribution in [0.25, 0.3) is 11.3 Å². The number of nitro groups is 1. The summed E-state index contributed by atoms with van der Waals surface area (Å²) >= 11 is 0. The van der Waals surface area contributed by atoms with E-state index < -0.39 is 10.8 Å². The summed E-state index contributed by atoms with van der Waals surface area (Å²) in [6.07, 6.45) is 0. The number of amides is 1. The summed E-state index contributed by atoms with van der Waals surface area (Å²) in [4.78, 5) is 23.1. The molecule has 0 radical (unpaired) electrons. The first-order valence-electron chi connectivity index (χ1n) is 7.76. The second-order valence-electron chi connectivity index (χ2n) is 5.42. The normalized spacial score (nSPS) is 10.1. The molecule has 0 aliphatic rings. The Labute approximate surface area is 153 Å². The molecule has 0 aliphatic carbocycles. The molecule has 0 bridgehead atoms. The number of carbonyl (C=O) groups is 1. The highest BCUT2D eigenvalue weighted by Crippen LogP contribution is 2.34. The summed E-state index contributed by atoms with van der Waals surface area (Å²) in [5, 5.41) is 23.0. The SMILES string of the molecule is COc1ccc(-c2ccc(C(=O)Nc3ccccc3C#N)o2)c([N+](=O)[O-])c1. The molecule has 1 N–H and O–H groups in total. The van der Waals surface area contributed by atoms with Crippen molar-refractivity contribution in [1.82, 2.24) is 0 Å². The van der Waals surface area contributed by atoms with Crippen molar-refractivity contribution in [3.8, 4) is 23.1 Å². The Balaban J connectivity index is 1.90. The molecule has 8 heteroatoms. The molecule has 0 saturated heterocycles. The lowest BCUT2D eigenvalue weighted by Crippen LogP contribution is -2.11. The van der Waals surface area contributed by atoms with Gasteiger partial charge < -0.3 is 14.5 Å². The van der Waals surface area contributed by atoms with Gasteiger partial charge in [0.15, 0.2) is 5.76 Å². The fourth-order valence-corrected chi connectivity index (χ4v) is 2.48. The number of nitrogens with one attached hydrogen (secondary N) is 1. The number of para-hydroxylation sites is 1. The monoisotopic (exact) mass is 363 g/mol. The fourth-order valence-electron chi connectivity index (χ4n) is 2.48. The number of rotatable bonds is 5. The Hall–Kier alpha value is -4.12. The molecule has 3 aromatic rings. The van der Waals surface area contributed by atoms with Gasteiger partial charge in [-0.05, 0) is 36.4 Å². The zero-order valence-electron chi connectivity index (χ0n) is 14.1. The zero-order chi connectivity index (χ0) is 19.4. The number of carbonyl (C=O) groups excluding carboxylic acids is 1. The molecule has 134 valence electrons. The number of furan rings is 1. The minimum atomic E-state index is -0.569. The molecule has 0 saturated carbocycles. The minimum absolute atomic E-state index is 0.0390. The molecule has 0 unspecified atom stereocenters. The Bertz CT molecular complexity index is 1070. The van der Waals surface area contributed by atoms with Crippen LogP contribution in [0.1, 0.15) is 16.1 Å². The van der Waals surface area contributed by atoms with E-state index in [1.165, 1.54) is 31.4 Å². The lowest BCUT2D eigenvalue weighted by molar-refractivity contribution is -0.384. The summed E-state index contributed by atoms with van der Waals surface area (Å²) in [7, 11) is 1.41. The smallest absolute Gasteiger partial charge is 0.291 e. The summed E-state index contributed by atoms with van der Waals surface area (Å²) < 4.78 is 10.5. The molecular formula is C19H13N3O5. The highest BCUT2D eigenvalue weighted by atomic mass is 16.6. The van der Waals surface area contributed by atoms with Gasteiger partial charge in [0.25, 0.3) is 11.6 Å². The number of nitro benzene ring substituents is 1. The van der Waals surface area contributed by atoms with E-state index in [2.05, 4.69) is 5.32 Å². The van der Waals surface area contributed by atoms with Gasteiger partial charge in [0.1, 0.15) is 17.6 Å². The zero-order valence-corrected chi connectivity index (χ0v) is 14.1. The van der Waals surface area contributed by atoms with Gasteiger partial charge in [-0.3, -0.25) is 14.9 Å². The number of ether oxygens (including phenoxy) is 1. The predicted molar refractivity (Wildman–Crippen MR) is 96.5 cm³/mol. The van der Waals surface area contributed by atoms with Crippen molar-refractivity contribution in [3.63, 3.8) is 0 Å². The molecule has 0 aliphatic heterocycles. The molecule has 0 spiro atoms. The van der Waals surface area contributed by atoms with Crippen LogP contribution in [0.2, 0.25) is 0 Å². The van der Waals surface area contributed by atoms with Crippen LogP contribution < -0.4 is 10.1 Å². The predicted octanol–water partition coefficient (Wildman–Crippen LogP) is 3.99. The molecule has 0 fully saturated rings. The lowest BCUT2D eigenvalue weighted by atomic mass is 10.1. The van der Waals surface area contributed by atoms with Crippen molar-refractivity contribution >= 4 is 17.3 Å². The topological polar surface area (TPSA) is 118 Å². The molecule has 2 aromatic carbocycles. The second-order valence-corrected chi connectivity index (χ2v) is 5.42. The Morgan fingerprint density at radius 1 is 1.22 bits per heavy atom. The first kappa shape index (κ1) is 17.7. The van der Waals surface area contributed by atoms with E-state index in [1.54, 1.807) is 30.3 Å². The van der Waals surface area contributed by atoms with Gasteiger partial charge in [-0.2, -0.15) is 5.26 Å². The fraction of sp³-hybridized carbons (Fsp3) is 0.0526. The Kier molecular flexibility index (Phi) is 4.86. The van der Waals surface area contributed by atoms with E-state index in [9.17, 15) is 14.9 Å². The first-order chi connectivity index (χ1) is 13.0. The van der Waals surface area contributed by atoms with Crippen LogP contribution in [0.4, 0.5) is 11.4 Å². The first-order valence-corrected chi connectivity index (χ1v) is 7.76. The third-order valence-corrected chi connectivity index (χ3v) is 3.79. The highest BCUT2D eigenvalue weighted by Gasteiger charge is 2.21. The van der Waals surface area contributed by atoms with Crippen LogP contribution in [0, 0.1) is 21.4 Å². The van der Waals surface area contributed by atoms with Gasteiger partial charge in [0.05, 0.1) is 34.9 Å². The number of benzene rings is 2. The maximum Gasteiger partial charge on any atom is 0.291 e. The van der Waals surface area contributed by atoms with Crippen molar-refractivity contribution < 1.29 is 18.9 Å². The number of methoxy groups -OCH3 is 1. The van der Waals surface area contributed by atoms with Gasteiger partial charge in [0.2, 0.25) is 0 Å². The van der Waals surface area contributed by atoms with Crippen molar-refractivity contribution in [2.45, 2.75) is 0 Å². The largest absolute Gasteiger partial charge is 0.497 e. The molecule has 27 heavy (non-hydrogen) atoms. The standard InChI is InChI=1S/C19H13N3O5/c1-26-13-6-7-14(16(10-13)22(24)25)17-8-9-18(27-17)19(23)21-15-5-3-2-4-12(15)11-20/h2-10H,1H3,(H,21,23). The summed E-state index contributed by atoms with van der Waals surface area (Å²) in [5.41, 5.74) is 0.671. The van der Waals surface area contributed by atoms with Gasteiger partial charge in [-0.1, -0.05) is 12.1 Å². The van der Waals surface area contributed by atoms with Gasteiger partial charge in [-0.25, -0.2) is 0 Å². The number of anilines is 1. The van der Waals surface area contributed by atoms with Crippen LogP contribution in [0.5, 0.6) is 5.75 Å². The van der Waals surface area contributed by atoms with Crippen LogP contribution in [0.15, 0.2) is 59.0 Å². The Morgan fingerprint density at radius 2 is 2.00 bits per heavy atom. The third kappa shape index (κ3) is 3.62. The summed E-state index contributed by atoms with van der Waals surface area (Å²) in [5.74, 6) is -0.103. The third-order valence-electron chi connectivity index (χ3n) is 3.79. The number of hydrogen-bond donors (Lipinski definition) is 1. The van der Waals surface area contributed by atoms with E-state index in [0.29, 0.717) is 17.0 Å². The average molecular weight is 363 g/mol. The number of nitriles is 1. The van der Waals surface area contributed by atoms with Crippen LogP contribution in [-0.2, 0) is 0 Å². The van der Waals surface area contributed by atoms with Crippen LogP contribution in [0.3, 0.4) is 0 Å². The van der Waals surface area contributed by atoms with E-state index in [-0.39, 0.29) is 22.8 Å². The molecule has 1 heterocycles. The number of hydrogen-bond acceptors (Lipinski definition) is 6. The van der Waals surface area contributed by atoms with E-state index >= 15 is 0 Å². The van der Waals surface area contributed by atoms with Crippen molar-refractivity contribution in [2.75, 3.05) is 12.4 Å². The molecule has 3 rings (SSSR count). The van der Waals surface area contributed by atoms with Crippen molar-refractivity contribution in [3.05, 3.63) is 76.0 Å². The quantitative estimate of drug-likeness (QED) is 0.541. The summed E-state index contributed by atoms with van der Waals surface area (Å²) in [6.45, 7) is 0. The highest BCUT2D eigenvalue weighted by molar-refractivity contribution is 6.03. The minimum Gasteiger partial charge on any atom is -0.497 e. The number of nitrogens with zero attached hydrogens (tertiary/aromatic N) is 2. The summed E-state index contributed by atoms with van der Waals surface area (Å²) in [6, 6.07) is 15.7. The molecule has 8 nitrogen and oxygen atoms in total. The molecule has 0 atom stereocenters.